The van der Waals surface area contributed by atoms with Gasteiger partial charge in [-0.05, 0) is 27.2 Å². The van der Waals surface area contributed by atoms with Crippen LogP contribution in [0.2, 0.25) is 0 Å². The van der Waals surface area contributed by atoms with Crippen molar-refractivity contribution in [1.82, 2.24) is 10.3 Å². The molecule has 0 aliphatic carbocycles. The van der Waals surface area contributed by atoms with Crippen LogP contribution in [0.25, 0.3) is 0 Å². The molecule has 0 spiro atoms. The van der Waals surface area contributed by atoms with Crippen molar-refractivity contribution in [2.45, 2.75) is 40.2 Å². The van der Waals surface area contributed by atoms with Gasteiger partial charge in [-0.3, -0.25) is 0 Å². The monoisotopic (exact) mass is 224 g/mol. The molecular weight excluding hydrogens is 204 g/mol. The Labute approximate surface area is 96.4 Å². The molecule has 1 aromatic rings. The quantitative estimate of drug-likeness (QED) is 0.776. The van der Waals surface area contributed by atoms with Crippen LogP contribution in [0.5, 0.6) is 0 Å². The summed E-state index contributed by atoms with van der Waals surface area (Å²) in [5.41, 5.74) is 1.35. The van der Waals surface area contributed by atoms with E-state index in [2.05, 4.69) is 44.1 Å². The molecule has 15 heavy (non-hydrogen) atoms. The van der Waals surface area contributed by atoms with Gasteiger partial charge in [-0.2, -0.15) is 0 Å². The highest BCUT2D eigenvalue weighted by molar-refractivity contribution is 7.11. The van der Waals surface area contributed by atoms with Gasteiger partial charge in [0.05, 0.1) is 6.04 Å². The van der Waals surface area contributed by atoms with Crippen molar-refractivity contribution >= 4 is 11.3 Å². The van der Waals surface area contributed by atoms with E-state index >= 15 is 0 Å². The van der Waals surface area contributed by atoms with E-state index in [1.807, 2.05) is 6.20 Å². The molecule has 0 radical (unpaired) electrons. The number of allylic oxidation sites excluding steroid dienone is 1. The largest absolute Gasteiger partial charge is 0.305 e. The Balaban J connectivity index is 2.46. The first-order chi connectivity index (χ1) is 7.13. The average Bonchev–Trinajstić information content (AvgIpc) is 2.65. The van der Waals surface area contributed by atoms with E-state index in [0.717, 1.165) is 13.0 Å². The highest BCUT2D eigenvalue weighted by Crippen LogP contribution is 2.19. The van der Waals surface area contributed by atoms with E-state index in [0.29, 0.717) is 6.04 Å². The minimum atomic E-state index is 0.353. The van der Waals surface area contributed by atoms with Gasteiger partial charge < -0.3 is 5.32 Å². The first-order valence-electron chi connectivity index (χ1n) is 5.44. The van der Waals surface area contributed by atoms with Gasteiger partial charge >= 0.3 is 0 Å². The van der Waals surface area contributed by atoms with Gasteiger partial charge in [0.2, 0.25) is 0 Å². The number of hydrogen-bond acceptors (Lipinski definition) is 3. The van der Waals surface area contributed by atoms with E-state index in [1.165, 1.54) is 15.5 Å². The van der Waals surface area contributed by atoms with Crippen LogP contribution >= 0.6 is 11.3 Å². The Bertz CT molecular complexity index is 324. The zero-order chi connectivity index (χ0) is 11.3. The molecule has 1 atom stereocenters. The number of hydrogen-bond donors (Lipinski definition) is 1. The van der Waals surface area contributed by atoms with Crippen LogP contribution in [0, 0.1) is 0 Å². The Morgan fingerprint density at radius 3 is 2.87 bits per heavy atom. The fraction of sp³-hybridized carbons (Fsp3) is 0.583. The lowest BCUT2D eigenvalue weighted by molar-refractivity contribution is 0.612. The lowest BCUT2D eigenvalue weighted by atomic mass is 10.3. The molecule has 1 rings (SSSR count). The second kappa shape index (κ2) is 6.03. The summed E-state index contributed by atoms with van der Waals surface area (Å²) in [5.74, 6) is 0. The van der Waals surface area contributed by atoms with E-state index in [4.69, 9.17) is 0 Å². The number of nitrogens with zero attached hydrogens (tertiary/aromatic N) is 1. The molecule has 2 nitrogen and oxygen atoms in total. The van der Waals surface area contributed by atoms with Gasteiger partial charge in [0, 0.05) is 17.6 Å². The van der Waals surface area contributed by atoms with E-state index in [-0.39, 0.29) is 0 Å². The van der Waals surface area contributed by atoms with Crippen molar-refractivity contribution in [3.8, 4) is 0 Å². The molecule has 1 heterocycles. The molecule has 0 amide bonds. The van der Waals surface area contributed by atoms with Crippen LogP contribution in [0.4, 0.5) is 0 Å². The lowest BCUT2D eigenvalue weighted by Gasteiger charge is -2.08. The van der Waals surface area contributed by atoms with Gasteiger partial charge in [0.1, 0.15) is 5.01 Å². The summed E-state index contributed by atoms with van der Waals surface area (Å²) in [4.78, 5) is 5.78. The van der Waals surface area contributed by atoms with Crippen molar-refractivity contribution in [3.63, 3.8) is 0 Å². The predicted molar refractivity (Wildman–Crippen MR) is 67.3 cm³/mol. The summed E-state index contributed by atoms with van der Waals surface area (Å²) < 4.78 is 0. The average molecular weight is 224 g/mol. The molecule has 0 saturated carbocycles. The standard InChI is InChI=1S/C12H20N2S/c1-5-11-8-14-12(15-11)10(4)13-7-6-9(2)3/h6,8,10,13H,5,7H2,1-4H3. The molecule has 1 unspecified atom stereocenters. The van der Waals surface area contributed by atoms with Gasteiger partial charge in [0.15, 0.2) is 0 Å². The lowest BCUT2D eigenvalue weighted by Crippen LogP contribution is -2.18. The maximum absolute atomic E-state index is 4.42. The van der Waals surface area contributed by atoms with Crippen LogP contribution in [0.3, 0.4) is 0 Å². The number of aromatic nitrogens is 1. The van der Waals surface area contributed by atoms with Crippen LogP contribution in [-0.2, 0) is 6.42 Å². The van der Waals surface area contributed by atoms with Gasteiger partial charge in [-0.25, -0.2) is 4.98 Å². The van der Waals surface area contributed by atoms with Crippen molar-refractivity contribution < 1.29 is 0 Å². The van der Waals surface area contributed by atoms with Crippen molar-refractivity contribution in [3.05, 3.63) is 27.7 Å². The molecule has 0 saturated heterocycles. The summed E-state index contributed by atoms with van der Waals surface area (Å²) in [6.07, 6.45) is 5.27. The molecular formula is C12H20N2S. The second-order valence-corrected chi connectivity index (χ2v) is 5.08. The van der Waals surface area contributed by atoms with E-state index in [9.17, 15) is 0 Å². The second-order valence-electron chi connectivity index (χ2n) is 3.93. The van der Waals surface area contributed by atoms with Gasteiger partial charge in [-0.1, -0.05) is 18.6 Å². The van der Waals surface area contributed by atoms with Crippen molar-refractivity contribution in [1.29, 1.82) is 0 Å². The SMILES string of the molecule is CCc1cnc(C(C)NCC=C(C)C)s1. The molecule has 0 aliphatic heterocycles. The summed E-state index contributed by atoms with van der Waals surface area (Å²) in [6, 6.07) is 0.353. The first-order valence-corrected chi connectivity index (χ1v) is 6.26. The summed E-state index contributed by atoms with van der Waals surface area (Å²) in [7, 11) is 0. The van der Waals surface area contributed by atoms with Crippen molar-refractivity contribution in [2.24, 2.45) is 0 Å². The number of aryl methyl sites for hydroxylation is 1. The Hall–Kier alpha value is -0.670. The van der Waals surface area contributed by atoms with E-state index in [1.54, 1.807) is 11.3 Å². The van der Waals surface area contributed by atoms with Gasteiger partial charge in [-0.15, -0.1) is 11.3 Å². The Kier molecular flexibility index (Phi) is 4.99. The van der Waals surface area contributed by atoms with Gasteiger partial charge in [0.25, 0.3) is 0 Å². The normalized spacial score (nSPS) is 12.5. The molecule has 3 heteroatoms. The smallest absolute Gasteiger partial charge is 0.109 e. The predicted octanol–water partition coefficient (Wildman–Crippen LogP) is 3.32. The summed E-state index contributed by atoms with van der Waals surface area (Å²) in [5, 5.41) is 4.63. The molecule has 0 aromatic carbocycles. The molecule has 0 aliphatic rings. The third-order valence-corrected chi connectivity index (χ3v) is 3.55. The van der Waals surface area contributed by atoms with Crippen molar-refractivity contribution in [2.75, 3.05) is 6.54 Å². The number of thiazole rings is 1. The fourth-order valence-corrected chi connectivity index (χ4v) is 2.10. The molecule has 0 bridgehead atoms. The zero-order valence-electron chi connectivity index (χ0n) is 10.0. The highest BCUT2D eigenvalue weighted by Gasteiger charge is 2.08. The minimum Gasteiger partial charge on any atom is -0.305 e. The summed E-state index contributed by atoms with van der Waals surface area (Å²) >= 11 is 1.81. The Morgan fingerprint density at radius 2 is 2.33 bits per heavy atom. The maximum atomic E-state index is 4.42. The zero-order valence-corrected chi connectivity index (χ0v) is 10.8. The summed E-state index contributed by atoms with van der Waals surface area (Å²) in [6.45, 7) is 9.48. The third kappa shape index (κ3) is 4.14. The molecule has 1 N–H and O–H groups in total. The fourth-order valence-electron chi connectivity index (χ4n) is 1.21. The maximum Gasteiger partial charge on any atom is 0.109 e. The number of rotatable bonds is 5. The minimum absolute atomic E-state index is 0.353. The van der Waals surface area contributed by atoms with Crippen LogP contribution < -0.4 is 5.32 Å². The highest BCUT2D eigenvalue weighted by atomic mass is 32.1. The Morgan fingerprint density at radius 1 is 1.60 bits per heavy atom. The number of nitrogens with one attached hydrogen (secondary N) is 1. The van der Waals surface area contributed by atoms with Crippen LogP contribution in [-0.4, -0.2) is 11.5 Å². The molecule has 1 aromatic heterocycles. The van der Waals surface area contributed by atoms with E-state index < -0.39 is 0 Å². The molecule has 84 valence electrons. The molecule has 0 fully saturated rings. The van der Waals surface area contributed by atoms with Crippen LogP contribution in [0.15, 0.2) is 17.8 Å². The third-order valence-electron chi connectivity index (χ3n) is 2.22. The topological polar surface area (TPSA) is 24.9 Å². The first kappa shape index (κ1) is 12.4. The van der Waals surface area contributed by atoms with Crippen LogP contribution in [0.1, 0.15) is 43.6 Å².